The number of fused-ring (bicyclic) bond motifs is 1. The SMILES string of the molecule is CCN(CC)c1nc2c(c(=O)[nH]c(=O)n2C)n1CCSc1nnnn1-c1ccccc1. The maximum absolute atomic E-state index is 12.6. The molecule has 4 aromatic rings. The Bertz CT molecular complexity index is 1300. The number of imidazole rings is 1. The van der Waals surface area contributed by atoms with Crippen molar-refractivity contribution in [3.05, 3.63) is 51.2 Å². The second-order valence-electron chi connectivity index (χ2n) is 6.78. The number of hydrogen-bond acceptors (Lipinski definition) is 8. The molecule has 162 valence electrons. The van der Waals surface area contributed by atoms with Gasteiger partial charge in [0.05, 0.1) is 5.69 Å². The third-order valence-electron chi connectivity index (χ3n) is 5.02. The van der Waals surface area contributed by atoms with Crippen LogP contribution >= 0.6 is 11.8 Å². The highest BCUT2D eigenvalue weighted by Crippen LogP contribution is 2.23. The molecule has 0 saturated carbocycles. The van der Waals surface area contributed by atoms with Crippen LogP contribution in [0.5, 0.6) is 0 Å². The highest BCUT2D eigenvalue weighted by Gasteiger charge is 2.20. The van der Waals surface area contributed by atoms with Crippen molar-refractivity contribution in [1.29, 1.82) is 0 Å². The zero-order valence-corrected chi connectivity index (χ0v) is 18.3. The predicted octanol–water partition coefficient (Wildman–Crippen LogP) is 1.04. The van der Waals surface area contributed by atoms with Gasteiger partial charge in [-0.25, -0.2) is 4.79 Å². The fourth-order valence-corrected chi connectivity index (χ4v) is 4.23. The van der Waals surface area contributed by atoms with E-state index in [4.69, 9.17) is 0 Å². The van der Waals surface area contributed by atoms with Gasteiger partial charge in [-0.1, -0.05) is 30.0 Å². The molecule has 0 fully saturated rings. The molecule has 0 radical (unpaired) electrons. The van der Waals surface area contributed by atoms with Crippen molar-refractivity contribution >= 4 is 28.9 Å². The molecule has 0 amide bonds. The number of H-pyrrole nitrogens is 1. The van der Waals surface area contributed by atoms with Gasteiger partial charge in [-0.05, 0) is 36.4 Å². The first-order valence-electron chi connectivity index (χ1n) is 9.96. The molecule has 1 N–H and O–H groups in total. The van der Waals surface area contributed by atoms with Crippen molar-refractivity contribution in [2.75, 3.05) is 23.7 Å². The number of tetrazole rings is 1. The summed E-state index contributed by atoms with van der Waals surface area (Å²) in [7, 11) is 1.60. The summed E-state index contributed by atoms with van der Waals surface area (Å²) in [5.41, 5.74) is 0.702. The summed E-state index contributed by atoms with van der Waals surface area (Å²) in [6.07, 6.45) is 0. The Morgan fingerprint density at radius 2 is 1.87 bits per heavy atom. The van der Waals surface area contributed by atoms with Gasteiger partial charge < -0.3 is 9.47 Å². The number of nitrogens with one attached hydrogen (secondary N) is 1. The molecule has 0 aliphatic carbocycles. The molecule has 0 aliphatic rings. The van der Waals surface area contributed by atoms with Gasteiger partial charge in [-0.2, -0.15) is 9.67 Å². The first kappa shape index (κ1) is 20.8. The number of anilines is 1. The molecule has 0 bridgehead atoms. The van der Waals surface area contributed by atoms with Gasteiger partial charge in [0.2, 0.25) is 11.1 Å². The van der Waals surface area contributed by atoms with Gasteiger partial charge in [-0.15, -0.1) is 5.10 Å². The van der Waals surface area contributed by atoms with E-state index < -0.39 is 11.2 Å². The standard InChI is InChI=1S/C19H23N9O2S/c1-4-26(5-2)17-20-15-14(16(29)21-18(30)25(15)3)27(17)11-12-31-19-22-23-24-28(19)13-9-7-6-8-10-13/h6-10H,4-5,11-12H2,1-3H3,(H,21,29,30). The molecule has 0 saturated heterocycles. The molecule has 31 heavy (non-hydrogen) atoms. The van der Waals surface area contributed by atoms with Crippen LogP contribution in [0.4, 0.5) is 5.95 Å². The fourth-order valence-electron chi connectivity index (χ4n) is 3.41. The Hall–Kier alpha value is -3.41. The van der Waals surface area contributed by atoms with Crippen molar-refractivity contribution in [3.8, 4) is 5.69 Å². The minimum Gasteiger partial charge on any atom is -0.343 e. The molecule has 0 unspecified atom stereocenters. The van der Waals surface area contributed by atoms with E-state index >= 15 is 0 Å². The number of nitrogens with zero attached hydrogens (tertiary/aromatic N) is 8. The molecule has 1 aromatic carbocycles. The quantitative estimate of drug-likeness (QED) is 0.403. The topological polar surface area (TPSA) is 120 Å². The first-order valence-corrected chi connectivity index (χ1v) is 10.9. The number of para-hydroxylation sites is 1. The van der Waals surface area contributed by atoms with E-state index in [0.29, 0.717) is 34.6 Å². The highest BCUT2D eigenvalue weighted by molar-refractivity contribution is 7.99. The summed E-state index contributed by atoms with van der Waals surface area (Å²) in [5.74, 6) is 1.27. The van der Waals surface area contributed by atoms with Crippen LogP contribution in [0.2, 0.25) is 0 Å². The number of benzene rings is 1. The van der Waals surface area contributed by atoms with E-state index in [0.717, 1.165) is 18.8 Å². The lowest BCUT2D eigenvalue weighted by molar-refractivity contribution is 0.726. The first-order chi connectivity index (χ1) is 15.0. The Kier molecular flexibility index (Phi) is 5.89. The predicted molar refractivity (Wildman–Crippen MR) is 119 cm³/mol. The Balaban J connectivity index is 1.67. The van der Waals surface area contributed by atoms with Crippen LogP contribution in [0, 0.1) is 0 Å². The Morgan fingerprint density at radius 1 is 1.13 bits per heavy atom. The second-order valence-corrected chi connectivity index (χ2v) is 7.85. The van der Waals surface area contributed by atoms with E-state index in [1.165, 1.54) is 16.3 Å². The molecule has 0 spiro atoms. The highest BCUT2D eigenvalue weighted by atomic mass is 32.2. The summed E-state index contributed by atoms with van der Waals surface area (Å²) < 4.78 is 4.91. The summed E-state index contributed by atoms with van der Waals surface area (Å²) in [5, 5.41) is 12.6. The van der Waals surface area contributed by atoms with Crippen molar-refractivity contribution in [2.24, 2.45) is 7.05 Å². The lowest BCUT2D eigenvalue weighted by atomic mass is 10.3. The Morgan fingerprint density at radius 3 is 2.58 bits per heavy atom. The van der Waals surface area contributed by atoms with Crippen molar-refractivity contribution < 1.29 is 0 Å². The maximum Gasteiger partial charge on any atom is 0.329 e. The summed E-state index contributed by atoms with van der Waals surface area (Å²) in [6, 6.07) is 9.65. The van der Waals surface area contributed by atoms with E-state index in [9.17, 15) is 9.59 Å². The maximum atomic E-state index is 12.6. The average Bonchev–Trinajstić information content (AvgIpc) is 3.39. The molecular weight excluding hydrogens is 418 g/mol. The van der Waals surface area contributed by atoms with E-state index in [1.807, 2.05) is 48.7 Å². The van der Waals surface area contributed by atoms with E-state index in [1.54, 1.807) is 11.7 Å². The van der Waals surface area contributed by atoms with Crippen molar-refractivity contribution in [1.82, 2.24) is 39.3 Å². The third-order valence-corrected chi connectivity index (χ3v) is 5.92. The number of aryl methyl sites for hydroxylation is 2. The van der Waals surface area contributed by atoms with Gasteiger partial charge in [0.15, 0.2) is 11.2 Å². The van der Waals surface area contributed by atoms with Gasteiger partial charge in [0.25, 0.3) is 5.56 Å². The fraction of sp³-hybridized carbons (Fsp3) is 0.368. The monoisotopic (exact) mass is 441 g/mol. The van der Waals surface area contributed by atoms with Crippen LogP contribution in [-0.4, -0.2) is 58.2 Å². The molecule has 12 heteroatoms. The third kappa shape index (κ3) is 3.85. The van der Waals surface area contributed by atoms with Gasteiger partial charge in [0.1, 0.15) is 0 Å². The van der Waals surface area contributed by atoms with E-state index in [-0.39, 0.29) is 0 Å². The number of hydrogen-bond donors (Lipinski definition) is 1. The largest absolute Gasteiger partial charge is 0.343 e. The number of aromatic nitrogens is 8. The average molecular weight is 442 g/mol. The smallest absolute Gasteiger partial charge is 0.329 e. The van der Waals surface area contributed by atoms with Gasteiger partial charge in [-0.3, -0.25) is 14.3 Å². The molecule has 3 aromatic heterocycles. The van der Waals surface area contributed by atoms with Crippen LogP contribution in [0.25, 0.3) is 16.9 Å². The molecule has 11 nitrogen and oxygen atoms in total. The molecule has 4 rings (SSSR count). The minimum atomic E-state index is -0.482. The van der Waals surface area contributed by atoms with Crippen LogP contribution in [-0.2, 0) is 13.6 Å². The van der Waals surface area contributed by atoms with Crippen LogP contribution < -0.4 is 16.1 Å². The zero-order chi connectivity index (χ0) is 22.0. The normalized spacial score (nSPS) is 11.3. The van der Waals surface area contributed by atoms with Crippen LogP contribution in [0.15, 0.2) is 45.1 Å². The zero-order valence-electron chi connectivity index (χ0n) is 17.5. The lowest BCUT2D eigenvalue weighted by Crippen LogP contribution is -2.29. The molecular formula is C19H23N9O2S. The van der Waals surface area contributed by atoms with Gasteiger partial charge >= 0.3 is 5.69 Å². The van der Waals surface area contributed by atoms with Crippen molar-refractivity contribution in [3.63, 3.8) is 0 Å². The molecule has 3 heterocycles. The van der Waals surface area contributed by atoms with Gasteiger partial charge in [0, 0.05) is 32.4 Å². The van der Waals surface area contributed by atoms with Crippen LogP contribution in [0.1, 0.15) is 13.8 Å². The van der Waals surface area contributed by atoms with Crippen LogP contribution in [0.3, 0.4) is 0 Å². The summed E-state index contributed by atoms with van der Waals surface area (Å²) in [4.78, 5) is 33.7. The summed E-state index contributed by atoms with van der Waals surface area (Å²) >= 11 is 1.48. The number of aromatic amines is 1. The molecule has 0 aliphatic heterocycles. The number of rotatable bonds is 8. The lowest BCUT2D eigenvalue weighted by Gasteiger charge is -2.21. The number of thioether (sulfide) groups is 1. The molecule has 0 atom stereocenters. The van der Waals surface area contributed by atoms with E-state index in [2.05, 4.69) is 30.4 Å². The second kappa shape index (κ2) is 8.76. The minimum absolute atomic E-state index is 0.370. The summed E-state index contributed by atoms with van der Waals surface area (Å²) in [6.45, 7) is 6.00. The Labute approximate surface area is 181 Å². The van der Waals surface area contributed by atoms with Crippen molar-refractivity contribution in [2.45, 2.75) is 25.5 Å².